The molecule has 17 heavy (non-hydrogen) atoms. The quantitative estimate of drug-likeness (QED) is 0.798. The number of rotatable bonds is 2. The van der Waals surface area contributed by atoms with Crippen LogP contribution in [-0.2, 0) is 0 Å². The summed E-state index contributed by atoms with van der Waals surface area (Å²) in [7, 11) is 3.95. The van der Waals surface area contributed by atoms with Crippen molar-refractivity contribution < 1.29 is 0 Å². The molecule has 0 unspecified atom stereocenters. The zero-order valence-electron chi connectivity index (χ0n) is 10.4. The van der Waals surface area contributed by atoms with E-state index in [1.807, 2.05) is 31.3 Å². The van der Waals surface area contributed by atoms with E-state index in [9.17, 15) is 0 Å². The fraction of sp³-hybridized carbons (Fsp3) is 0.667. The van der Waals surface area contributed by atoms with Crippen molar-refractivity contribution >= 4 is 11.8 Å². The average Bonchev–Trinajstić information content (AvgIpc) is 2.90. The number of anilines is 2. The molecule has 0 bridgehead atoms. The first-order chi connectivity index (χ1) is 8.25. The van der Waals surface area contributed by atoms with Crippen LogP contribution in [0.3, 0.4) is 0 Å². The molecule has 1 aromatic heterocycles. The van der Waals surface area contributed by atoms with E-state index >= 15 is 0 Å². The first-order valence-electron chi connectivity index (χ1n) is 6.23. The van der Waals surface area contributed by atoms with E-state index in [4.69, 9.17) is 0 Å². The highest BCUT2D eigenvalue weighted by Gasteiger charge is 2.38. The molecule has 5 nitrogen and oxygen atoms in total. The van der Waals surface area contributed by atoms with E-state index in [1.165, 1.54) is 6.42 Å². The highest BCUT2D eigenvalue weighted by atomic mass is 15.3. The minimum Gasteiger partial charge on any atom is -0.352 e. The molecule has 0 spiro atoms. The molecule has 3 heterocycles. The van der Waals surface area contributed by atoms with Crippen LogP contribution in [0.4, 0.5) is 11.8 Å². The molecule has 2 fully saturated rings. The standard InChI is InChI=1S/C12H19N5/c1-16(2)12-14-5-3-11(15-12)17-6-4-9-7-13-8-10(9)17/h3,5,9-10,13H,4,6-8H2,1-2H3/t9-,10+/m0/s1. The Morgan fingerprint density at radius 1 is 1.41 bits per heavy atom. The third-order valence-electron chi connectivity index (χ3n) is 3.77. The SMILES string of the molecule is CN(C)c1nccc(N2CC[C@H]3CNC[C@H]32)n1. The van der Waals surface area contributed by atoms with Gasteiger partial charge in [-0.2, -0.15) is 4.98 Å². The van der Waals surface area contributed by atoms with Gasteiger partial charge in [0.15, 0.2) is 0 Å². The Kier molecular flexibility index (Phi) is 2.63. The summed E-state index contributed by atoms with van der Waals surface area (Å²) < 4.78 is 0. The molecule has 0 amide bonds. The summed E-state index contributed by atoms with van der Waals surface area (Å²) in [5.74, 6) is 2.66. The minimum atomic E-state index is 0.625. The van der Waals surface area contributed by atoms with Crippen LogP contribution < -0.4 is 15.1 Å². The van der Waals surface area contributed by atoms with Gasteiger partial charge < -0.3 is 15.1 Å². The summed E-state index contributed by atoms with van der Waals surface area (Å²) >= 11 is 0. The van der Waals surface area contributed by atoms with Crippen LogP contribution in [0.5, 0.6) is 0 Å². The highest BCUT2D eigenvalue weighted by molar-refractivity contribution is 5.46. The normalized spacial score (nSPS) is 27.3. The number of hydrogen-bond acceptors (Lipinski definition) is 5. The zero-order chi connectivity index (χ0) is 11.8. The molecule has 2 aliphatic heterocycles. The lowest BCUT2D eigenvalue weighted by Crippen LogP contribution is -2.35. The molecule has 1 N–H and O–H groups in total. The third-order valence-corrected chi connectivity index (χ3v) is 3.77. The van der Waals surface area contributed by atoms with Gasteiger partial charge in [0.2, 0.25) is 5.95 Å². The lowest BCUT2D eigenvalue weighted by Gasteiger charge is -2.25. The van der Waals surface area contributed by atoms with Crippen LogP contribution >= 0.6 is 0 Å². The monoisotopic (exact) mass is 233 g/mol. The number of nitrogens with zero attached hydrogens (tertiary/aromatic N) is 4. The van der Waals surface area contributed by atoms with Gasteiger partial charge in [-0.25, -0.2) is 4.98 Å². The topological polar surface area (TPSA) is 44.3 Å². The maximum absolute atomic E-state index is 4.63. The molecular weight excluding hydrogens is 214 g/mol. The Morgan fingerprint density at radius 2 is 2.29 bits per heavy atom. The van der Waals surface area contributed by atoms with Crippen molar-refractivity contribution in [2.75, 3.05) is 43.5 Å². The fourth-order valence-electron chi connectivity index (χ4n) is 2.85. The molecule has 5 heteroatoms. The van der Waals surface area contributed by atoms with E-state index in [0.29, 0.717) is 6.04 Å². The second-order valence-corrected chi connectivity index (χ2v) is 5.08. The van der Waals surface area contributed by atoms with E-state index in [1.54, 1.807) is 0 Å². The van der Waals surface area contributed by atoms with Crippen molar-refractivity contribution in [2.24, 2.45) is 5.92 Å². The molecule has 2 saturated heterocycles. The van der Waals surface area contributed by atoms with Crippen molar-refractivity contribution in [3.05, 3.63) is 12.3 Å². The molecule has 2 aliphatic rings. The van der Waals surface area contributed by atoms with Gasteiger partial charge in [0.25, 0.3) is 0 Å². The lowest BCUT2D eigenvalue weighted by atomic mass is 10.1. The molecule has 0 saturated carbocycles. The van der Waals surface area contributed by atoms with Crippen molar-refractivity contribution in [2.45, 2.75) is 12.5 Å². The van der Waals surface area contributed by atoms with Crippen molar-refractivity contribution in [1.29, 1.82) is 0 Å². The molecule has 0 aliphatic carbocycles. The fourth-order valence-corrected chi connectivity index (χ4v) is 2.85. The largest absolute Gasteiger partial charge is 0.352 e. The number of hydrogen-bond donors (Lipinski definition) is 1. The summed E-state index contributed by atoms with van der Waals surface area (Å²) in [5, 5.41) is 3.47. The third kappa shape index (κ3) is 1.84. The van der Waals surface area contributed by atoms with Crippen molar-refractivity contribution in [1.82, 2.24) is 15.3 Å². The van der Waals surface area contributed by atoms with Gasteiger partial charge in [0.1, 0.15) is 5.82 Å². The van der Waals surface area contributed by atoms with E-state index in [-0.39, 0.29) is 0 Å². The van der Waals surface area contributed by atoms with E-state index < -0.39 is 0 Å². The second-order valence-electron chi connectivity index (χ2n) is 5.08. The molecule has 0 radical (unpaired) electrons. The number of aromatic nitrogens is 2. The molecule has 2 atom stereocenters. The predicted octanol–water partition coefficient (Wildman–Crippen LogP) is 0.341. The maximum atomic E-state index is 4.63. The summed E-state index contributed by atoms with van der Waals surface area (Å²) in [4.78, 5) is 13.3. The Morgan fingerprint density at radius 3 is 3.12 bits per heavy atom. The highest BCUT2D eigenvalue weighted by Crippen LogP contribution is 2.31. The summed E-state index contributed by atoms with van der Waals surface area (Å²) in [5.41, 5.74) is 0. The van der Waals surface area contributed by atoms with Gasteiger partial charge in [-0.15, -0.1) is 0 Å². The van der Waals surface area contributed by atoms with Gasteiger partial charge in [0, 0.05) is 46.0 Å². The van der Waals surface area contributed by atoms with Crippen LogP contribution in [0.25, 0.3) is 0 Å². The van der Waals surface area contributed by atoms with Crippen LogP contribution in [0.15, 0.2) is 12.3 Å². The maximum Gasteiger partial charge on any atom is 0.226 e. The molecule has 3 rings (SSSR count). The van der Waals surface area contributed by atoms with Crippen LogP contribution in [-0.4, -0.2) is 49.7 Å². The Balaban J connectivity index is 1.86. The summed E-state index contributed by atoms with van der Waals surface area (Å²) in [6, 6.07) is 2.65. The van der Waals surface area contributed by atoms with Crippen molar-refractivity contribution in [3.8, 4) is 0 Å². The Labute approximate surface area is 102 Å². The first kappa shape index (κ1) is 10.8. The van der Waals surface area contributed by atoms with Gasteiger partial charge in [-0.05, 0) is 18.4 Å². The lowest BCUT2D eigenvalue weighted by molar-refractivity contribution is 0.577. The van der Waals surface area contributed by atoms with Gasteiger partial charge in [-0.1, -0.05) is 0 Å². The second kappa shape index (κ2) is 4.14. The van der Waals surface area contributed by atoms with Crippen molar-refractivity contribution in [3.63, 3.8) is 0 Å². The van der Waals surface area contributed by atoms with Crippen LogP contribution in [0.2, 0.25) is 0 Å². The molecule has 0 aromatic carbocycles. The zero-order valence-corrected chi connectivity index (χ0v) is 10.4. The Bertz CT molecular complexity index is 406. The number of fused-ring (bicyclic) bond motifs is 1. The predicted molar refractivity (Wildman–Crippen MR) is 68.5 cm³/mol. The van der Waals surface area contributed by atoms with E-state index in [0.717, 1.165) is 37.3 Å². The van der Waals surface area contributed by atoms with E-state index in [2.05, 4.69) is 20.2 Å². The Hall–Kier alpha value is -1.36. The van der Waals surface area contributed by atoms with Gasteiger partial charge in [-0.3, -0.25) is 0 Å². The van der Waals surface area contributed by atoms with Gasteiger partial charge in [0.05, 0.1) is 0 Å². The number of nitrogens with one attached hydrogen (secondary N) is 1. The van der Waals surface area contributed by atoms with Crippen LogP contribution in [0, 0.1) is 5.92 Å². The molecule has 1 aromatic rings. The minimum absolute atomic E-state index is 0.625. The smallest absolute Gasteiger partial charge is 0.226 e. The van der Waals surface area contributed by atoms with Gasteiger partial charge >= 0.3 is 0 Å². The van der Waals surface area contributed by atoms with Crippen LogP contribution in [0.1, 0.15) is 6.42 Å². The summed E-state index contributed by atoms with van der Waals surface area (Å²) in [6.07, 6.45) is 3.13. The summed E-state index contributed by atoms with van der Waals surface area (Å²) in [6.45, 7) is 3.37. The average molecular weight is 233 g/mol. The molecular formula is C12H19N5. The molecule has 92 valence electrons. The first-order valence-corrected chi connectivity index (χ1v) is 6.23.